The fourth-order valence-electron chi connectivity index (χ4n) is 0.172. The van der Waals surface area contributed by atoms with Gasteiger partial charge in [0.25, 0.3) is 0 Å². The van der Waals surface area contributed by atoms with Crippen LogP contribution in [0.1, 0.15) is 6.42 Å². The van der Waals surface area contributed by atoms with Gasteiger partial charge in [0.1, 0.15) is 0 Å². The summed E-state index contributed by atoms with van der Waals surface area (Å²) >= 11 is 0. The SMILES string of the molecule is O=C(CC(=O)OF)OF.O=P([O-])([O-])[O-].[Li+].[Li+].[Li+]. The maximum absolute atomic E-state index is 10.7. The largest absolute Gasteiger partial charge is 1.00 e. The molecular formula is C3H2F2Li3O8P. The summed E-state index contributed by atoms with van der Waals surface area (Å²) in [6.07, 6.45) is -1.06. The predicted octanol–water partition coefficient (Wildman–Crippen LogP) is -11.6. The van der Waals surface area contributed by atoms with Crippen molar-refractivity contribution >= 4 is 19.8 Å². The first-order valence-electron chi connectivity index (χ1n) is 2.56. The van der Waals surface area contributed by atoms with Gasteiger partial charge in [-0.25, -0.2) is 9.59 Å². The van der Waals surface area contributed by atoms with E-state index in [9.17, 15) is 18.6 Å². The first-order valence-corrected chi connectivity index (χ1v) is 4.02. The molecule has 0 heterocycles. The number of hydrogen-bond donors (Lipinski definition) is 0. The molecule has 17 heavy (non-hydrogen) atoms. The summed E-state index contributed by atoms with van der Waals surface area (Å²) in [5.41, 5.74) is 0. The van der Waals surface area contributed by atoms with Gasteiger partial charge in [0.05, 0.1) is 0 Å². The Morgan fingerprint density at radius 3 is 1.24 bits per heavy atom. The molecule has 0 unspecified atom stereocenters. The van der Waals surface area contributed by atoms with Crippen LogP contribution in [-0.4, -0.2) is 11.9 Å². The number of carbonyl (C=O) groups is 2. The molecule has 0 aliphatic heterocycles. The Morgan fingerprint density at radius 2 is 1.12 bits per heavy atom. The number of hydrogen-bond acceptors (Lipinski definition) is 8. The van der Waals surface area contributed by atoms with Crippen molar-refractivity contribution in [2.24, 2.45) is 0 Å². The maximum atomic E-state index is 10.7. The summed E-state index contributed by atoms with van der Waals surface area (Å²) in [5, 5.41) is 0. The summed E-state index contributed by atoms with van der Waals surface area (Å²) < 4.78 is 30.0. The first-order chi connectivity index (χ1) is 6.20. The minimum atomic E-state index is -5.39. The van der Waals surface area contributed by atoms with Gasteiger partial charge in [0, 0.05) is 9.05 Å². The van der Waals surface area contributed by atoms with Crippen LogP contribution in [0.3, 0.4) is 0 Å². The number of rotatable bonds is 2. The molecule has 0 saturated heterocycles. The number of phosphoric acid groups is 1. The molecule has 8 nitrogen and oxygen atoms in total. The number of carbonyl (C=O) groups excluding carboxylic acids is 2. The zero-order valence-corrected chi connectivity index (χ0v) is 10.1. The zero-order chi connectivity index (χ0) is 11.8. The summed E-state index contributed by atoms with van der Waals surface area (Å²) in [4.78, 5) is 50.1. The van der Waals surface area contributed by atoms with Crippen molar-refractivity contribution < 1.29 is 104 Å². The van der Waals surface area contributed by atoms with Crippen LogP contribution in [-0.2, 0) is 24.0 Å². The molecule has 0 N–H and O–H groups in total. The minimum absolute atomic E-state index is 0. The van der Waals surface area contributed by atoms with Gasteiger partial charge in [-0.3, -0.25) is 9.88 Å². The summed E-state index contributed by atoms with van der Waals surface area (Å²) in [5.74, 6) is -2.98. The average molecular weight is 256 g/mol. The van der Waals surface area contributed by atoms with Crippen LogP contribution in [0.2, 0.25) is 0 Å². The second-order valence-corrected chi connectivity index (χ2v) is 2.42. The molecule has 14 heteroatoms. The molecule has 0 aliphatic carbocycles. The Hall–Kier alpha value is 0.702. The molecule has 0 rings (SSSR count). The van der Waals surface area contributed by atoms with Gasteiger partial charge in [-0.15, -0.1) is 0 Å². The van der Waals surface area contributed by atoms with E-state index in [2.05, 4.69) is 9.88 Å². The van der Waals surface area contributed by atoms with Crippen molar-refractivity contribution in [3.63, 3.8) is 0 Å². The molecular weight excluding hydrogens is 254 g/mol. The second kappa shape index (κ2) is 16.7. The van der Waals surface area contributed by atoms with E-state index in [-0.39, 0.29) is 56.6 Å². The van der Waals surface area contributed by atoms with Crippen LogP contribution >= 0.6 is 7.82 Å². The molecule has 0 saturated carbocycles. The molecule has 0 amide bonds. The van der Waals surface area contributed by atoms with Crippen LogP contribution in [0.4, 0.5) is 9.05 Å². The van der Waals surface area contributed by atoms with Gasteiger partial charge in [-0.2, -0.15) is 7.82 Å². The second-order valence-electron chi connectivity index (χ2n) is 1.52. The smallest absolute Gasteiger partial charge is 0.822 e. The average Bonchev–Trinajstić information content (AvgIpc) is 2.01. The van der Waals surface area contributed by atoms with E-state index in [0.717, 1.165) is 0 Å². The van der Waals surface area contributed by atoms with Gasteiger partial charge in [0.2, 0.25) is 0 Å². The van der Waals surface area contributed by atoms with E-state index < -0.39 is 26.2 Å². The topological polar surface area (TPSA) is 139 Å². The van der Waals surface area contributed by atoms with Crippen LogP contribution < -0.4 is 71.3 Å². The Labute approximate surface area is 130 Å². The van der Waals surface area contributed by atoms with Crippen molar-refractivity contribution in [1.29, 1.82) is 0 Å². The standard InChI is InChI=1S/C3H2F2O4.3Li.H3O4P/c4-8-2(6)1-3(7)9-5;;;;1-5(2,3)4/h1H2;;;;(H3,1,2,3,4)/q;3*+1;/p-3. The monoisotopic (exact) mass is 256 g/mol. The molecule has 0 aromatic heterocycles. The fourth-order valence-corrected chi connectivity index (χ4v) is 0.172. The third kappa shape index (κ3) is 47.7. The van der Waals surface area contributed by atoms with Crippen molar-refractivity contribution in [1.82, 2.24) is 0 Å². The van der Waals surface area contributed by atoms with Crippen molar-refractivity contribution in [2.75, 3.05) is 0 Å². The number of halogens is 2. The quantitative estimate of drug-likeness (QED) is 0.269. The maximum Gasteiger partial charge on any atom is 1.00 e. The minimum Gasteiger partial charge on any atom is -0.822 e. The Bertz CT molecular complexity index is 224. The van der Waals surface area contributed by atoms with Crippen molar-refractivity contribution in [2.45, 2.75) is 6.42 Å². The van der Waals surface area contributed by atoms with Crippen molar-refractivity contribution in [3.8, 4) is 0 Å². The summed E-state index contributed by atoms with van der Waals surface area (Å²) in [6, 6.07) is 0. The van der Waals surface area contributed by atoms with E-state index in [4.69, 9.17) is 19.2 Å². The molecule has 0 aromatic carbocycles. The Morgan fingerprint density at radius 1 is 0.941 bits per heavy atom. The summed E-state index contributed by atoms with van der Waals surface area (Å²) in [7, 11) is -5.39. The molecule has 0 aromatic rings. The van der Waals surface area contributed by atoms with E-state index >= 15 is 0 Å². The third-order valence-corrected chi connectivity index (χ3v) is 0.461. The summed E-state index contributed by atoms with van der Waals surface area (Å²) in [6.45, 7) is 0. The molecule has 0 spiro atoms. The zero-order valence-electron chi connectivity index (χ0n) is 9.18. The van der Waals surface area contributed by atoms with Crippen molar-refractivity contribution in [3.05, 3.63) is 0 Å². The molecule has 0 fully saturated rings. The molecule has 84 valence electrons. The van der Waals surface area contributed by atoms with Gasteiger partial charge in [0.15, 0.2) is 6.42 Å². The molecule has 0 bridgehead atoms. The van der Waals surface area contributed by atoms with Gasteiger partial charge >= 0.3 is 68.5 Å². The molecule has 0 radical (unpaired) electrons. The Kier molecular flexibility index (Phi) is 30.1. The van der Waals surface area contributed by atoms with Crippen LogP contribution in [0, 0.1) is 0 Å². The molecule has 0 atom stereocenters. The third-order valence-electron chi connectivity index (χ3n) is 0.461. The van der Waals surface area contributed by atoms with Crippen LogP contribution in [0.15, 0.2) is 0 Å². The normalized spacial score (nSPS) is 7.82. The van der Waals surface area contributed by atoms with Gasteiger partial charge in [-0.1, -0.05) is 0 Å². The van der Waals surface area contributed by atoms with Gasteiger partial charge in [-0.05, 0) is 0 Å². The van der Waals surface area contributed by atoms with Crippen LogP contribution in [0.25, 0.3) is 0 Å². The van der Waals surface area contributed by atoms with E-state index in [1.807, 2.05) is 0 Å². The van der Waals surface area contributed by atoms with E-state index in [0.29, 0.717) is 0 Å². The van der Waals surface area contributed by atoms with Gasteiger partial charge < -0.3 is 19.2 Å². The van der Waals surface area contributed by atoms with E-state index in [1.165, 1.54) is 0 Å². The van der Waals surface area contributed by atoms with Crippen LogP contribution in [0.5, 0.6) is 0 Å². The first kappa shape index (κ1) is 30.6. The molecule has 0 aliphatic rings. The Balaban J connectivity index is -0.0000000533. The fraction of sp³-hybridized carbons (Fsp3) is 0.333. The van der Waals surface area contributed by atoms with E-state index in [1.54, 1.807) is 0 Å². The predicted molar refractivity (Wildman–Crippen MR) is 26.6 cm³/mol.